The van der Waals surface area contributed by atoms with Crippen molar-refractivity contribution < 1.29 is 19.4 Å². The maximum Gasteiger partial charge on any atom is 0.307 e. The molecule has 0 aromatic rings. The van der Waals surface area contributed by atoms with E-state index in [4.69, 9.17) is 4.74 Å². The van der Waals surface area contributed by atoms with E-state index in [1.807, 2.05) is 6.92 Å². The molecule has 0 aromatic carbocycles. The van der Waals surface area contributed by atoms with Crippen LogP contribution in [-0.4, -0.2) is 23.7 Å². The molecule has 0 radical (unpaired) electrons. The molecule has 0 rings (SSSR count). The zero-order chi connectivity index (χ0) is 29.4. The highest BCUT2D eigenvalue weighted by Crippen LogP contribution is 2.18. The molecule has 4 heteroatoms. The molecule has 1 unspecified atom stereocenters. The Morgan fingerprint density at radius 1 is 0.550 bits per heavy atom. The van der Waals surface area contributed by atoms with Gasteiger partial charge >= 0.3 is 11.9 Å². The van der Waals surface area contributed by atoms with Crippen molar-refractivity contribution in [2.75, 3.05) is 6.61 Å². The number of rotatable bonds is 32. The van der Waals surface area contributed by atoms with Crippen molar-refractivity contribution in [1.29, 1.82) is 0 Å². The van der Waals surface area contributed by atoms with E-state index >= 15 is 0 Å². The summed E-state index contributed by atoms with van der Waals surface area (Å²) in [5.41, 5.74) is 0. The minimum Gasteiger partial charge on any atom is -0.481 e. The molecule has 0 saturated carbocycles. The molecule has 0 aromatic heterocycles. The first-order chi connectivity index (χ1) is 19.6. The predicted octanol–water partition coefficient (Wildman–Crippen LogP) is 11.7. The highest BCUT2D eigenvalue weighted by molar-refractivity contribution is 5.78. The highest BCUT2D eigenvalue weighted by Gasteiger charge is 2.21. The van der Waals surface area contributed by atoms with Crippen LogP contribution < -0.4 is 0 Å². The van der Waals surface area contributed by atoms with Gasteiger partial charge in [-0.2, -0.15) is 0 Å². The van der Waals surface area contributed by atoms with E-state index < -0.39 is 11.9 Å². The molecule has 0 aliphatic rings. The summed E-state index contributed by atoms with van der Waals surface area (Å²) in [6, 6.07) is 0. The summed E-state index contributed by atoms with van der Waals surface area (Å²) >= 11 is 0. The topological polar surface area (TPSA) is 63.6 Å². The molecule has 236 valence electrons. The van der Waals surface area contributed by atoms with Crippen LogP contribution in [0.15, 0.2) is 12.2 Å². The number of hydrogen-bond donors (Lipinski definition) is 1. The van der Waals surface area contributed by atoms with E-state index in [1.165, 1.54) is 148 Å². The highest BCUT2D eigenvalue weighted by atomic mass is 16.5. The minimum atomic E-state index is -0.873. The fourth-order valence-corrected chi connectivity index (χ4v) is 5.38. The van der Waals surface area contributed by atoms with Crippen molar-refractivity contribution in [2.45, 2.75) is 194 Å². The van der Waals surface area contributed by atoms with Crippen LogP contribution in [0.2, 0.25) is 0 Å². The average Bonchev–Trinajstić information content (AvgIpc) is 2.94. The first-order valence-electron chi connectivity index (χ1n) is 17.6. The van der Waals surface area contributed by atoms with Crippen LogP contribution in [0.5, 0.6) is 0 Å². The Bertz CT molecular complexity index is 571. The van der Waals surface area contributed by atoms with Gasteiger partial charge in [0.25, 0.3) is 0 Å². The zero-order valence-electron chi connectivity index (χ0n) is 26.9. The van der Waals surface area contributed by atoms with Crippen molar-refractivity contribution in [1.82, 2.24) is 0 Å². The molecule has 40 heavy (non-hydrogen) atoms. The van der Waals surface area contributed by atoms with E-state index in [-0.39, 0.29) is 12.4 Å². The second kappa shape index (κ2) is 32.2. The van der Waals surface area contributed by atoms with Gasteiger partial charge in [0.2, 0.25) is 0 Å². The number of carbonyl (C=O) groups excluding carboxylic acids is 1. The van der Waals surface area contributed by atoms with E-state index in [0.29, 0.717) is 13.0 Å². The number of carboxylic acids is 1. The summed E-state index contributed by atoms with van der Waals surface area (Å²) in [6.45, 7) is 4.56. The predicted molar refractivity (Wildman–Crippen MR) is 172 cm³/mol. The first-order valence-corrected chi connectivity index (χ1v) is 17.6. The van der Waals surface area contributed by atoms with Crippen molar-refractivity contribution in [3.8, 4) is 0 Å². The standard InChI is InChI=1S/C36H68O4/c1-3-5-6-7-8-9-10-11-12-13-14-15-16-17-18-19-20-21-22-23-24-25-26-27-28-29-30-31-34(36(38)39)33-35(37)40-32-4-2/h6-7,34H,3-5,8-33H2,1-2H3,(H,38,39)/b7-6+. The van der Waals surface area contributed by atoms with Gasteiger partial charge in [-0.15, -0.1) is 0 Å². The van der Waals surface area contributed by atoms with Crippen LogP contribution in [0.1, 0.15) is 194 Å². The molecule has 0 bridgehead atoms. The monoisotopic (exact) mass is 565 g/mol. The second-order valence-electron chi connectivity index (χ2n) is 12.1. The Labute approximate surface area is 249 Å². The van der Waals surface area contributed by atoms with Gasteiger partial charge in [-0.05, 0) is 32.1 Å². The summed E-state index contributed by atoms with van der Waals surface area (Å²) in [4.78, 5) is 23.1. The van der Waals surface area contributed by atoms with E-state index in [1.54, 1.807) is 0 Å². The third-order valence-electron chi connectivity index (χ3n) is 8.02. The van der Waals surface area contributed by atoms with E-state index in [2.05, 4.69) is 19.1 Å². The van der Waals surface area contributed by atoms with Crippen molar-refractivity contribution in [3.05, 3.63) is 12.2 Å². The van der Waals surface area contributed by atoms with Gasteiger partial charge in [-0.3, -0.25) is 9.59 Å². The second-order valence-corrected chi connectivity index (χ2v) is 12.1. The molecular weight excluding hydrogens is 496 g/mol. The largest absolute Gasteiger partial charge is 0.481 e. The Morgan fingerprint density at radius 3 is 1.30 bits per heavy atom. The number of allylic oxidation sites excluding steroid dienone is 2. The Morgan fingerprint density at radius 2 is 0.925 bits per heavy atom. The van der Waals surface area contributed by atoms with Gasteiger partial charge in [0.05, 0.1) is 18.9 Å². The van der Waals surface area contributed by atoms with Gasteiger partial charge in [-0.1, -0.05) is 167 Å². The van der Waals surface area contributed by atoms with Crippen molar-refractivity contribution in [3.63, 3.8) is 0 Å². The first kappa shape index (κ1) is 38.7. The van der Waals surface area contributed by atoms with E-state index in [0.717, 1.165) is 19.3 Å². The number of carbonyl (C=O) groups is 2. The van der Waals surface area contributed by atoms with Gasteiger partial charge in [0.15, 0.2) is 0 Å². The van der Waals surface area contributed by atoms with E-state index in [9.17, 15) is 14.7 Å². The summed E-state index contributed by atoms with van der Waals surface area (Å²) in [5, 5.41) is 9.34. The molecule has 0 heterocycles. The Kier molecular flexibility index (Phi) is 31.1. The summed E-state index contributed by atoms with van der Waals surface area (Å²) in [6.07, 6.45) is 39.5. The lowest BCUT2D eigenvalue weighted by Gasteiger charge is -2.11. The van der Waals surface area contributed by atoms with Crippen molar-refractivity contribution >= 4 is 11.9 Å². The molecule has 0 aliphatic heterocycles. The lowest BCUT2D eigenvalue weighted by molar-refractivity contribution is -0.151. The van der Waals surface area contributed by atoms with Crippen LogP contribution >= 0.6 is 0 Å². The molecule has 1 atom stereocenters. The molecule has 1 N–H and O–H groups in total. The summed E-state index contributed by atoms with van der Waals surface area (Å²) < 4.78 is 5.03. The maximum absolute atomic E-state index is 11.7. The number of carboxylic acid groups (broad SMARTS) is 1. The summed E-state index contributed by atoms with van der Waals surface area (Å²) in [5.74, 6) is -1.85. The lowest BCUT2D eigenvalue weighted by Crippen LogP contribution is -2.19. The minimum absolute atomic E-state index is 0.00742. The number of unbranched alkanes of at least 4 members (excludes halogenated alkanes) is 23. The van der Waals surface area contributed by atoms with Crippen LogP contribution in [0.4, 0.5) is 0 Å². The van der Waals surface area contributed by atoms with Crippen LogP contribution in [-0.2, 0) is 14.3 Å². The smallest absolute Gasteiger partial charge is 0.307 e. The lowest BCUT2D eigenvalue weighted by atomic mass is 9.97. The number of esters is 1. The van der Waals surface area contributed by atoms with Crippen LogP contribution in [0, 0.1) is 5.92 Å². The summed E-state index contributed by atoms with van der Waals surface area (Å²) in [7, 11) is 0. The number of ether oxygens (including phenoxy) is 1. The molecule has 0 aliphatic carbocycles. The third kappa shape index (κ3) is 29.7. The Balaban J connectivity index is 3.27. The molecule has 0 amide bonds. The van der Waals surface area contributed by atoms with Crippen LogP contribution in [0.25, 0.3) is 0 Å². The molecular formula is C36H68O4. The van der Waals surface area contributed by atoms with Crippen LogP contribution in [0.3, 0.4) is 0 Å². The number of hydrogen-bond acceptors (Lipinski definition) is 3. The zero-order valence-corrected chi connectivity index (χ0v) is 26.9. The van der Waals surface area contributed by atoms with Gasteiger partial charge < -0.3 is 9.84 Å². The normalized spacial score (nSPS) is 12.2. The van der Waals surface area contributed by atoms with Crippen molar-refractivity contribution in [2.24, 2.45) is 5.92 Å². The third-order valence-corrected chi connectivity index (χ3v) is 8.02. The fourth-order valence-electron chi connectivity index (χ4n) is 5.38. The average molecular weight is 565 g/mol. The molecule has 4 nitrogen and oxygen atoms in total. The number of aliphatic carboxylic acids is 1. The molecule has 0 spiro atoms. The fraction of sp³-hybridized carbons (Fsp3) is 0.889. The Hall–Kier alpha value is -1.32. The molecule has 0 saturated heterocycles. The van der Waals surface area contributed by atoms with Gasteiger partial charge in [0.1, 0.15) is 0 Å². The maximum atomic E-state index is 11.7. The van der Waals surface area contributed by atoms with Gasteiger partial charge in [0, 0.05) is 0 Å². The van der Waals surface area contributed by atoms with Gasteiger partial charge in [-0.25, -0.2) is 0 Å². The molecule has 0 fully saturated rings. The quantitative estimate of drug-likeness (QED) is 0.0501. The SMILES string of the molecule is CCC/C=C/CCCCCCCCCCCCCCCCCCCCCCCCC(CC(=O)OCCC)C(=O)O.